The smallest absolute Gasteiger partial charge is 0.335 e. The fourth-order valence-corrected chi connectivity index (χ4v) is 10.3. The molecule has 4 fully saturated rings. The highest BCUT2D eigenvalue weighted by atomic mass is 16.5. The van der Waals surface area contributed by atoms with Gasteiger partial charge in [-0.3, -0.25) is 14.4 Å². The van der Waals surface area contributed by atoms with Gasteiger partial charge in [0.15, 0.2) is 0 Å². The molecule has 9 unspecified atom stereocenters. The van der Waals surface area contributed by atoms with Crippen molar-refractivity contribution in [2.75, 3.05) is 0 Å². The highest BCUT2D eigenvalue weighted by molar-refractivity contribution is 5.84. The fraction of sp³-hybridized carbons (Fsp3) is 0.757. The van der Waals surface area contributed by atoms with Crippen molar-refractivity contribution >= 4 is 23.8 Å². The van der Waals surface area contributed by atoms with E-state index < -0.39 is 40.4 Å². The first-order chi connectivity index (χ1) is 23.1. The largest absolute Gasteiger partial charge is 0.480 e. The molecule has 1 aromatic rings. The summed E-state index contributed by atoms with van der Waals surface area (Å²) < 4.78 is 11.1. The molecule has 0 saturated heterocycles. The zero-order valence-corrected chi connectivity index (χ0v) is 28.9. The summed E-state index contributed by atoms with van der Waals surface area (Å²) in [6, 6.07) is 2.14. The second-order valence-corrected chi connectivity index (χ2v) is 15.8. The lowest BCUT2D eigenvalue weighted by Gasteiger charge is -2.66. The molecule has 2 amide bonds. The van der Waals surface area contributed by atoms with Gasteiger partial charge in [0.1, 0.15) is 12.1 Å². The number of nitrogens with one attached hydrogen (secondary N) is 1. The molecule has 12 heteroatoms. The van der Waals surface area contributed by atoms with E-state index >= 15 is 0 Å². The van der Waals surface area contributed by atoms with Crippen LogP contribution in [0.25, 0.3) is 0 Å². The number of fused-ring (bicyclic) bond motifs is 5. The lowest BCUT2D eigenvalue weighted by atomic mass is 9.42. The monoisotopic (exact) mass is 686 g/mol. The van der Waals surface area contributed by atoms with E-state index in [0.29, 0.717) is 57.8 Å². The second kappa shape index (κ2) is 14.5. The van der Waals surface area contributed by atoms with Gasteiger partial charge >= 0.3 is 17.6 Å². The van der Waals surface area contributed by atoms with Gasteiger partial charge in [-0.25, -0.2) is 9.59 Å². The Morgan fingerprint density at radius 3 is 2.29 bits per heavy atom. The molecule has 272 valence electrons. The van der Waals surface area contributed by atoms with Crippen LogP contribution in [0.15, 0.2) is 27.6 Å². The number of hydrogen-bond acceptors (Lipinski definition) is 9. The summed E-state index contributed by atoms with van der Waals surface area (Å²) in [7, 11) is 0. The number of esters is 1. The van der Waals surface area contributed by atoms with Gasteiger partial charge in [-0.2, -0.15) is 0 Å². The van der Waals surface area contributed by atoms with Crippen molar-refractivity contribution in [3.63, 3.8) is 0 Å². The SMILES string of the molecule is CC12CCC(OC(=O)CCCCCCC(=O)NC(CCC(N)=O)C(=O)O)CC1(O)CCC1C2CCC2(C)C(c3ccc(=O)oc3)CCC12O. The quantitative estimate of drug-likeness (QED) is 0.140. The Kier molecular flexibility index (Phi) is 11.0. The fourth-order valence-electron chi connectivity index (χ4n) is 10.3. The number of ether oxygens (including phenoxy) is 1. The van der Waals surface area contributed by atoms with Crippen molar-refractivity contribution in [2.45, 2.75) is 152 Å². The van der Waals surface area contributed by atoms with Crippen LogP contribution in [-0.2, 0) is 23.9 Å². The minimum atomic E-state index is -1.21. The third kappa shape index (κ3) is 7.31. The summed E-state index contributed by atoms with van der Waals surface area (Å²) >= 11 is 0. The van der Waals surface area contributed by atoms with Crippen LogP contribution < -0.4 is 16.7 Å². The molecule has 12 nitrogen and oxygen atoms in total. The molecule has 4 saturated carbocycles. The third-order valence-corrected chi connectivity index (χ3v) is 13.2. The molecule has 0 aromatic carbocycles. The first kappa shape index (κ1) is 37.0. The highest BCUT2D eigenvalue weighted by Crippen LogP contribution is 2.71. The van der Waals surface area contributed by atoms with Crippen LogP contribution in [-0.4, -0.2) is 62.4 Å². The molecular weight excluding hydrogens is 632 g/mol. The second-order valence-electron chi connectivity index (χ2n) is 15.8. The molecule has 5 rings (SSSR count). The average Bonchev–Trinajstić information content (AvgIpc) is 3.32. The zero-order chi connectivity index (χ0) is 35.6. The first-order valence-electron chi connectivity index (χ1n) is 18.2. The molecule has 0 bridgehead atoms. The van der Waals surface area contributed by atoms with Crippen molar-refractivity contribution in [1.82, 2.24) is 5.32 Å². The highest BCUT2D eigenvalue weighted by Gasteiger charge is 2.70. The predicted octanol–water partition coefficient (Wildman–Crippen LogP) is 4.08. The van der Waals surface area contributed by atoms with Crippen LogP contribution in [0.5, 0.6) is 0 Å². The van der Waals surface area contributed by atoms with Gasteiger partial charge in [0.25, 0.3) is 0 Å². The summed E-state index contributed by atoms with van der Waals surface area (Å²) in [6.07, 6.45) is 10.2. The third-order valence-electron chi connectivity index (χ3n) is 13.2. The Balaban J connectivity index is 1.07. The first-order valence-corrected chi connectivity index (χ1v) is 18.2. The van der Waals surface area contributed by atoms with E-state index in [2.05, 4.69) is 19.2 Å². The molecule has 4 aliphatic carbocycles. The predicted molar refractivity (Wildman–Crippen MR) is 178 cm³/mol. The number of aliphatic hydroxyl groups is 2. The molecule has 4 aliphatic rings. The van der Waals surface area contributed by atoms with Gasteiger partial charge < -0.3 is 35.5 Å². The minimum Gasteiger partial charge on any atom is -0.480 e. The number of hydrogen-bond donors (Lipinski definition) is 5. The number of nitrogens with two attached hydrogens (primary N) is 1. The maximum absolute atomic E-state index is 12.8. The van der Waals surface area contributed by atoms with Crippen molar-refractivity contribution in [3.05, 3.63) is 34.4 Å². The van der Waals surface area contributed by atoms with Gasteiger partial charge in [-0.05, 0) is 105 Å². The maximum Gasteiger partial charge on any atom is 0.335 e. The zero-order valence-electron chi connectivity index (χ0n) is 28.9. The van der Waals surface area contributed by atoms with E-state index in [4.69, 9.17) is 14.9 Å². The van der Waals surface area contributed by atoms with Gasteiger partial charge in [0.2, 0.25) is 11.8 Å². The van der Waals surface area contributed by atoms with E-state index in [9.17, 15) is 39.3 Å². The van der Waals surface area contributed by atoms with E-state index in [0.717, 1.165) is 31.2 Å². The molecule has 9 atom stereocenters. The van der Waals surface area contributed by atoms with Crippen LogP contribution >= 0.6 is 0 Å². The van der Waals surface area contributed by atoms with Gasteiger partial charge in [-0.15, -0.1) is 0 Å². The topological polar surface area (TPSA) is 206 Å². The van der Waals surface area contributed by atoms with Crippen molar-refractivity contribution in [2.24, 2.45) is 28.4 Å². The summed E-state index contributed by atoms with van der Waals surface area (Å²) in [6.45, 7) is 4.37. The Bertz CT molecular complexity index is 1440. The van der Waals surface area contributed by atoms with E-state index in [1.165, 1.54) is 6.07 Å². The summed E-state index contributed by atoms with van der Waals surface area (Å²) in [5.41, 5.74) is 3.05. The van der Waals surface area contributed by atoms with Crippen molar-refractivity contribution < 1.29 is 43.7 Å². The number of rotatable bonds is 14. The normalized spacial score (nSPS) is 35.7. The van der Waals surface area contributed by atoms with Crippen LogP contribution in [0, 0.1) is 22.7 Å². The molecular formula is C37H54N2O10. The van der Waals surface area contributed by atoms with Gasteiger partial charge in [0.05, 0.1) is 17.5 Å². The Hall–Kier alpha value is -3.25. The van der Waals surface area contributed by atoms with Crippen molar-refractivity contribution in [1.29, 1.82) is 0 Å². The summed E-state index contributed by atoms with van der Waals surface area (Å²) in [4.78, 5) is 58.7. The number of carbonyl (C=O) groups is 4. The lowest BCUT2D eigenvalue weighted by Crippen LogP contribution is -2.67. The Morgan fingerprint density at radius 1 is 0.918 bits per heavy atom. The standard InChI is InChI=1S/C37H54N2O10/c1-34-17-13-24(49-32(43)8-6-4-3-5-7-30(41)39-28(33(44)45)10-11-29(38)40)21-36(34,46)19-15-27-26(34)14-18-35(2)25(16-20-37(27,35)47)23-9-12-31(42)48-22-23/h9,12,22,24-28,46-47H,3-8,10-11,13-21H2,1-2H3,(H2,38,40)(H,39,41)(H,44,45). The molecule has 1 aromatic heterocycles. The molecule has 1 heterocycles. The maximum atomic E-state index is 12.8. The van der Waals surface area contributed by atoms with Crippen LogP contribution in [0.4, 0.5) is 0 Å². The number of amides is 2. The van der Waals surface area contributed by atoms with Crippen LogP contribution in [0.1, 0.15) is 134 Å². The van der Waals surface area contributed by atoms with E-state index in [1.54, 1.807) is 6.26 Å². The number of carboxylic acids is 1. The number of aliphatic carboxylic acids is 1. The number of carboxylic acid groups (broad SMARTS) is 1. The molecule has 0 aliphatic heterocycles. The molecule has 0 spiro atoms. The minimum absolute atomic E-state index is 0.0562. The molecule has 6 N–H and O–H groups in total. The Labute approximate surface area is 287 Å². The number of primary amides is 1. The van der Waals surface area contributed by atoms with Crippen LogP contribution in [0.3, 0.4) is 0 Å². The summed E-state index contributed by atoms with van der Waals surface area (Å²) in [5.74, 6) is -2.22. The average molecular weight is 687 g/mol. The van der Waals surface area contributed by atoms with Crippen LogP contribution in [0.2, 0.25) is 0 Å². The lowest BCUT2D eigenvalue weighted by molar-refractivity contribution is -0.255. The number of unbranched alkanes of at least 4 members (excludes halogenated alkanes) is 3. The van der Waals surface area contributed by atoms with E-state index in [-0.39, 0.29) is 66.6 Å². The van der Waals surface area contributed by atoms with E-state index in [1.807, 2.05) is 6.07 Å². The van der Waals surface area contributed by atoms with Crippen molar-refractivity contribution in [3.8, 4) is 0 Å². The number of carbonyl (C=O) groups excluding carboxylic acids is 3. The van der Waals surface area contributed by atoms with Gasteiger partial charge in [-0.1, -0.05) is 26.7 Å². The van der Waals surface area contributed by atoms with Gasteiger partial charge in [0, 0.05) is 37.2 Å². The summed E-state index contributed by atoms with van der Waals surface area (Å²) in [5, 5.41) is 36.3. The molecule has 49 heavy (non-hydrogen) atoms. The Morgan fingerprint density at radius 2 is 1.61 bits per heavy atom. The molecule has 0 radical (unpaired) electrons.